The molecule has 2 heterocycles. The monoisotopic (exact) mass is 404 g/mol. The highest BCUT2D eigenvalue weighted by Crippen LogP contribution is 2.30. The van der Waals surface area contributed by atoms with Crippen molar-refractivity contribution in [3.8, 4) is 0 Å². The van der Waals surface area contributed by atoms with Crippen LogP contribution >= 0.6 is 0 Å². The molecule has 4 rings (SSSR count). The van der Waals surface area contributed by atoms with E-state index in [1.807, 2.05) is 4.68 Å². The lowest BCUT2D eigenvalue weighted by Crippen LogP contribution is -2.48. The molecule has 6 heteroatoms. The average molecular weight is 405 g/mol. The van der Waals surface area contributed by atoms with Gasteiger partial charge in [0, 0.05) is 32.7 Å². The van der Waals surface area contributed by atoms with Gasteiger partial charge in [-0.1, -0.05) is 60.2 Å². The molecule has 0 bridgehead atoms. The number of hydrogen-bond donors (Lipinski definition) is 0. The molecule has 0 unspecified atom stereocenters. The average Bonchev–Trinajstić information content (AvgIpc) is 3.22. The Bertz CT molecular complexity index is 934. The van der Waals surface area contributed by atoms with E-state index in [9.17, 15) is 0 Å². The number of nitrogens with zero attached hydrogens (tertiary/aromatic N) is 6. The molecule has 3 aromatic rings. The maximum Gasteiger partial charge on any atom is 0.173 e. The van der Waals surface area contributed by atoms with Gasteiger partial charge in [-0.05, 0) is 49.2 Å². The molecule has 0 amide bonds. The van der Waals surface area contributed by atoms with Crippen LogP contribution in [-0.4, -0.2) is 56.2 Å². The fourth-order valence-electron chi connectivity index (χ4n) is 4.14. The molecular formula is C24H32N6. The van der Waals surface area contributed by atoms with Crippen LogP contribution in [-0.2, 0) is 12.1 Å². The molecule has 158 valence electrons. The van der Waals surface area contributed by atoms with Gasteiger partial charge >= 0.3 is 0 Å². The van der Waals surface area contributed by atoms with E-state index < -0.39 is 0 Å². The van der Waals surface area contributed by atoms with Gasteiger partial charge in [0.05, 0.1) is 11.6 Å². The van der Waals surface area contributed by atoms with E-state index in [0.29, 0.717) is 0 Å². The molecule has 1 fully saturated rings. The predicted molar refractivity (Wildman–Crippen MR) is 119 cm³/mol. The molecule has 0 N–H and O–H groups in total. The number of rotatable bonds is 5. The highest BCUT2D eigenvalue weighted by molar-refractivity contribution is 5.28. The van der Waals surface area contributed by atoms with Gasteiger partial charge in [0.2, 0.25) is 0 Å². The van der Waals surface area contributed by atoms with Gasteiger partial charge < -0.3 is 0 Å². The molecule has 0 spiro atoms. The third kappa shape index (κ3) is 4.60. The molecule has 1 aliphatic heterocycles. The summed E-state index contributed by atoms with van der Waals surface area (Å²) >= 11 is 0. The predicted octanol–water partition coefficient (Wildman–Crippen LogP) is 3.64. The van der Waals surface area contributed by atoms with Crippen LogP contribution in [0, 0.1) is 6.92 Å². The fourth-order valence-corrected chi connectivity index (χ4v) is 4.14. The van der Waals surface area contributed by atoms with E-state index in [2.05, 4.69) is 108 Å². The van der Waals surface area contributed by atoms with Crippen molar-refractivity contribution >= 4 is 0 Å². The highest BCUT2D eigenvalue weighted by atomic mass is 15.6. The summed E-state index contributed by atoms with van der Waals surface area (Å²) < 4.78 is 1.98. The van der Waals surface area contributed by atoms with Crippen LogP contribution in [0.15, 0.2) is 54.6 Å². The Balaban J connectivity index is 1.57. The number of hydrogen-bond acceptors (Lipinski definition) is 5. The van der Waals surface area contributed by atoms with E-state index in [-0.39, 0.29) is 11.6 Å². The van der Waals surface area contributed by atoms with Crippen molar-refractivity contribution in [3.05, 3.63) is 77.1 Å². The van der Waals surface area contributed by atoms with Crippen molar-refractivity contribution in [1.29, 1.82) is 0 Å². The van der Waals surface area contributed by atoms with Gasteiger partial charge in [-0.25, -0.2) is 4.68 Å². The third-order valence-corrected chi connectivity index (χ3v) is 5.79. The molecule has 1 saturated heterocycles. The zero-order chi connectivity index (χ0) is 21.1. The van der Waals surface area contributed by atoms with E-state index in [1.165, 1.54) is 16.7 Å². The SMILES string of the molecule is Cc1ccc([C@H](c2nnnn2C(C)(C)C)N2CCN(Cc3ccccc3)CC2)cc1. The smallest absolute Gasteiger partial charge is 0.173 e. The van der Waals surface area contributed by atoms with Crippen LogP contribution in [0.3, 0.4) is 0 Å². The highest BCUT2D eigenvalue weighted by Gasteiger charge is 2.33. The summed E-state index contributed by atoms with van der Waals surface area (Å²) in [4.78, 5) is 5.06. The van der Waals surface area contributed by atoms with E-state index >= 15 is 0 Å². The minimum Gasteiger partial charge on any atom is -0.297 e. The molecular weight excluding hydrogens is 372 g/mol. The Morgan fingerprint density at radius 3 is 2.20 bits per heavy atom. The minimum absolute atomic E-state index is 0.0544. The summed E-state index contributed by atoms with van der Waals surface area (Å²) in [6, 6.07) is 19.6. The maximum atomic E-state index is 4.49. The Morgan fingerprint density at radius 2 is 1.57 bits per heavy atom. The minimum atomic E-state index is -0.170. The molecule has 6 nitrogen and oxygen atoms in total. The number of benzene rings is 2. The van der Waals surface area contributed by atoms with Crippen molar-refractivity contribution in [1.82, 2.24) is 30.0 Å². The van der Waals surface area contributed by atoms with E-state index in [0.717, 1.165) is 38.5 Å². The summed E-state index contributed by atoms with van der Waals surface area (Å²) in [5, 5.41) is 12.9. The van der Waals surface area contributed by atoms with Crippen molar-refractivity contribution in [2.75, 3.05) is 26.2 Å². The molecule has 0 aliphatic carbocycles. The molecule has 1 aliphatic rings. The Kier molecular flexibility index (Phi) is 5.97. The summed E-state index contributed by atoms with van der Waals surface area (Å²) in [6.45, 7) is 13.6. The second-order valence-corrected chi connectivity index (χ2v) is 9.23. The third-order valence-electron chi connectivity index (χ3n) is 5.79. The summed E-state index contributed by atoms with van der Waals surface area (Å²) in [5.41, 5.74) is 3.72. The van der Waals surface area contributed by atoms with Crippen molar-refractivity contribution in [3.63, 3.8) is 0 Å². The summed E-state index contributed by atoms with van der Waals surface area (Å²) in [5.74, 6) is 0.919. The summed E-state index contributed by atoms with van der Waals surface area (Å²) in [6.07, 6.45) is 0. The second-order valence-electron chi connectivity index (χ2n) is 9.23. The first-order valence-electron chi connectivity index (χ1n) is 10.8. The Morgan fingerprint density at radius 1 is 0.900 bits per heavy atom. The van der Waals surface area contributed by atoms with Crippen molar-refractivity contribution in [2.24, 2.45) is 0 Å². The number of aromatic nitrogens is 4. The first-order valence-corrected chi connectivity index (χ1v) is 10.8. The largest absolute Gasteiger partial charge is 0.297 e. The number of tetrazole rings is 1. The normalized spacial score (nSPS) is 17.2. The lowest BCUT2D eigenvalue weighted by molar-refractivity contribution is 0.0979. The van der Waals surface area contributed by atoms with Crippen LogP contribution in [0.2, 0.25) is 0 Å². The van der Waals surface area contributed by atoms with Crippen molar-refractivity contribution < 1.29 is 0 Å². The quantitative estimate of drug-likeness (QED) is 0.650. The van der Waals surface area contributed by atoms with Gasteiger partial charge in [0.15, 0.2) is 5.82 Å². The standard InChI is InChI=1S/C24H32N6/c1-19-10-12-21(13-11-19)22(23-25-26-27-30(23)24(2,3)4)29-16-14-28(15-17-29)18-20-8-6-5-7-9-20/h5-13,22H,14-18H2,1-4H3/t22-/m1/s1. The Labute approximate surface area is 179 Å². The van der Waals surface area contributed by atoms with Gasteiger partial charge in [0.1, 0.15) is 0 Å². The zero-order valence-electron chi connectivity index (χ0n) is 18.5. The van der Waals surface area contributed by atoms with Crippen LogP contribution in [0.25, 0.3) is 0 Å². The number of piperazine rings is 1. The fraction of sp³-hybridized carbons (Fsp3) is 0.458. The lowest BCUT2D eigenvalue weighted by atomic mass is 10.0. The van der Waals surface area contributed by atoms with Crippen LogP contribution in [0.1, 0.15) is 49.3 Å². The Hall–Kier alpha value is -2.57. The van der Waals surface area contributed by atoms with Gasteiger partial charge in [-0.3, -0.25) is 9.80 Å². The maximum absolute atomic E-state index is 4.49. The topological polar surface area (TPSA) is 50.1 Å². The molecule has 2 aromatic carbocycles. The number of aryl methyl sites for hydroxylation is 1. The molecule has 1 atom stereocenters. The van der Waals surface area contributed by atoms with E-state index in [1.54, 1.807) is 0 Å². The summed E-state index contributed by atoms with van der Waals surface area (Å²) in [7, 11) is 0. The lowest BCUT2D eigenvalue weighted by Gasteiger charge is -2.39. The van der Waals surface area contributed by atoms with Gasteiger partial charge in [-0.2, -0.15) is 0 Å². The van der Waals surface area contributed by atoms with Crippen LogP contribution < -0.4 is 0 Å². The van der Waals surface area contributed by atoms with Gasteiger partial charge in [-0.15, -0.1) is 5.10 Å². The zero-order valence-corrected chi connectivity index (χ0v) is 18.5. The van der Waals surface area contributed by atoms with Crippen LogP contribution in [0.4, 0.5) is 0 Å². The molecule has 0 saturated carbocycles. The first kappa shape index (κ1) is 20.7. The van der Waals surface area contributed by atoms with Crippen molar-refractivity contribution in [2.45, 2.75) is 45.8 Å². The second kappa shape index (κ2) is 8.66. The molecule has 30 heavy (non-hydrogen) atoms. The van der Waals surface area contributed by atoms with Gasteiger partial charge in [0.25, 0.3) is 0 Å². The molecule has 1 aromatic heterocycles. The first-order chi connectivity index (χ1) is 14.4. The molecule has 0 radical (unpaired) electrons. The van der Waals surface area contributed by atoms with E-state index in [4.69, 9.17) is 0 Å². The van der Waals surface area contributed by atoms with Crippen LogP contribution in [0.5, 0.6) is 0 Å².